The van der Waals surface area contributed by atoms with Crippen LogP contribution >= 0.6 is 11.6 Å². The Morgan fingerprint density at radius 1 is 1.08 bits per heavy atom. The number of hydrogen-bond acceptors (Lipinski definition) is 4. The molecule has 4 rings (SSSR count). The van der Waals surface area contributed by atoms with Crippen LogP contribution in [0.15, 0.2) is 59.0 Å². The average molecular weight is 353 g/mol. The SMILES string of the molecule is COc1ccc2nc3oc(C(=O)Nc4ccc(Cl)cc4)cc3cc2c1. The first-order valence-corrected chi connectivity index (χ1v) is 7.95. The zero-order valence-electron chi connectivity index (χ0n) is 13.2. The van der Waals surface area contributed by atoms with Gasteiger partial charge in [0.2, 0.25) is 5.71 Å². The summed E-state index contributed by atoms with van der Waals surface area (Å²) >= 11 is 5.84. The van der Waals surface area contributed by atoms with Gasteiger partial charge in [-0.1, -0.05) is 11.6 Å². The zero-order valence-corrected chi connectivity index (χ0v) is 14.0. The van der Waals surface area contributed by atoms with Crippen LogP contribution in [0.5, 0.6) is 5.75 Å². The number of fused-ring (bicyclic) bond motifs is 2. The van der Waals surface area contributed by atoms with Gasteiger partial charge in [-0.05, 0) is 54.6 Å². The molecule has 2 aromatic carbocycles. The van der Waals surface area contributed by atoms with Crippen LogP contribution in [-0.4, -0.2) is 18.0 Å². The number of benzene rings is 2. The van der Waals surface area contributed by atoms with E-state index in [1.165, 1.54) is 0 Å². The molecule has 0 bridgehead atoms. The van der Waals surface area contributed by atoms with Gasteiger partial charge in [-0.25, -0.2) is 4.98 Å². The molecule has 0 atom stereocenters. The van der Waals surface area contributed by atoms with Crippen LogP contribution in [-0.2, 0) is 0 Å². The van der Waals surface area contributed by atoms with Crippen LogP contribution < -0.4 is 10.1 Å². The second-order valence-corrected chi connectivity index (χ2v) is 5.95. The first kappa shape index (κ1) is 15.5. The van der Waals surface area contributed by atoms with Gasteiger partial charge in [-0.3, -0.25) is 4.79 Å². The molecular formula is C19H13ClN2O3. The number of anilines is 1. The summed E-state index contributed by atoms with van der Waals surface area (Å²) in [6.45, 7) is 0. The van der Waals surface area contributed by atoms with E-state index in [-0.39, 0.29) is 11.7 Å². The molecule has 0 fully saturated rings. The Balaban J connectivity index is 1.68. The normalized spacial score (nSPS) is 11.0. The minimum atomic E-state index is -0.345. The smallest absolute Gasteiger partial charge is 0.291 e. The lowest BCUT2D eigenvalue weighted by molar-refractivity contribution is 0.0998. The maximum Gasteiger partial charge on any atom is 0.291 e. The van der Waals surface area contributed by atoms with E-state index in [1.807, 2.05) is 24.3 Å². The predicted octanol–water partition coefficient (Wildman–Crippen LogP) is 4.90. The second kappa shape index (κ2) is 6.11. The molecule has 0 radical (unpaired) electrons. The molecule has 6 heteroatoms. The number of pyridine rings is 1. The van der Waals surface area contributed by atoms with Gasteiger partial charge in [0.05, 0.1) is 12.6 Å². The Labute approximate surface area is 148 Å². The molecule has 1 amide bonds. The summed E-state index contributed by atoms with van der Waals surface area (Å²) in [7, 11) is 1.62. The van der Waals surface area contributed by atoms with Crippen molar-refractivity contribution in [1.82, 2.24) is 4.98 Å². The van der Waals surface area contributed by atoms with Gasteiger partial charge in [0, 0.05) is 21.5 Å². The van der Waals surface area contributed by atoms with Crippen LogP contribution in [0.1, 0.15) is 10.6 Å². The fourth-order valence-corrected chi connectivity index (χ4v) is 2.70. The summed E-state index contributed by atoms with van der Waals surface area (Å²) in [5.41, 5.74) is 1.82. The molecule has 1 N–H and O–H groups in total. The minimum absolute atomic E-state index is 0.194. The number of halogens is 1. The Kier molecular flexibility index (Phi) is 3.78. The van der Waals surface area contributed by atoms with E-state index < -0.39 is 0 Å². The topological polar surface area (TPSA) is 64.4 Å². The molecule has 4 aromatic rings. The van der Waals surface area contributed by atoms with E-state index in [4.69, 9.17) is 20.8 Å². The lowest BCUT2D eigenvalue weighted by Gasteiger charge is -2.02. The number of methoxy groups -OCH3 is 1. The summed E-state index contributed by atoms with van der Waals surface area (Å²) in [4.78, 5) is 16.8. The third-order valence-corrected chi connectivity index (χ3v) is 4.09. The van der Waals surface area contributed by atoms with Crippen molar-refractivity contribution in [3.8, 4) is 5.75 Å². The average Bonchev–Trinajstić information content (AvgIpc) is 3.04. The third-order valence-electron chi connectivity index (χ3n) is 3.83. The number of ether oxygens (including phenoxy) is 1. The first-order chi connectivity index (χ1) is 12.1. The number of hydrogen-bond donors (Lipinski definition) is 1. The van der Waals surface area contributed by atoms with Crippen LogP contribution in [0.3, 0.4) is 0 Å². The maximum atomic E-state index is 12.4. The van der Waals surface area contributed by atoms with Gasteiger partial charge in [0.1, 0.15) is 5.75 Å². The molecule has 2 aromatic heterocycles. The van der Waals surface area contributed by atoms with Crippen molar-refractivity contribution in [1.29, 1.82) is 0 Å². The van der Waals surface area contributed by atoms with Gasteiger partial charge in [-0.2, -0.15) is 0 Å². The summed E-state index contributed by atoms with van der Waals surface area (Å²) in [5, 5.41) is 5.04. The Bertz CT molecular complexity index is 1090. The quantitative estimate of drug-likeness (QED) is 0.569. The van der Waals surface area contributed by atoms with Gasteiger partial charge < -0.3 is 14.5 Å². The Morgan fingerprint density at radius 3 is 2.64 bits per heavy atom. The van der Waals surface area contributed by atoms with E-state index >= 15 is 0 Å². The highest BCUT2D eigenvalue weighted by molar-refractivity contribution is 6.30. The molecule has 0 aliphatic heterocycles. The number of carbonyl (C=O) groups is 1. The fourth-order valence-electron chi connectivity index (χ4n) is 2.58. The minimum Gasteiger partial charge on any atom is -0.497 e. The highest BCUT2D eigenvalue weighted by Gasteiger charge is 2.14. The summed E-state index contributed by atoms with van der Waals surface area (Å²) in [6.07, 6.45) is 0. The van der Waals surface area contributed by atoms with E-state index in [0.29, 0.717) is 16.4 Å². The highest BCUT2D eigenvalue weighted by Crippen LogP contribution is 2.26. The van der Waals surface area contributed by atoms with Crippen molar-refractivity contribution in [3.63, 3.8) is 0 Å². The largest absolute Gasteiger partial charge is 0.497 e. The lowest BCUT2D eigenvalue weighted by atomic mass is 10.2. The van der Waals surface area contributed by atoms with E-state index in [9.17, 15) is 4.79 Å². The fraction of sp³-hybridized carbons (Fsp3) is 0.0526. The number of furan rings is 1. The van der Waals surface area contributed by atoms with Crippen molar-refractivity contribution in [2.45, 2.75) is 0 Å². The second-order valence-electron chi connectivity index (χ2n) is 5.51. The standard InChI is InChI=1S/C19H13ClN2O3/c1-24-15-6-7-16-11(9-15)8-12-10-17(25-19(12)22-16)18(23)21-14-4-2-13(20)3-5-14/h2-10H,1H3,(H,21,23). The molecule has 5 nitrogen and oxygen atoms in total. The van der Waals surface area contributed by atoms with E-state index in [0.717, 1.165) is 22.0 Å². The first-order valence-electron chi connectivity index (χ1n) is 7.58. The highest BCUT2D eigenvalue weighted by atomic mass is 35.5. The molecule has 2 heterocycles. The van der Waals surface area contributed by atoms with Gasteiger partial charge in [0.15, 0.2) is 5.76 Å². The van der Waals surface area contributed by atoms with Gasteiger partial charge >= 0.3 is 0 Å². The monoisotopic (exact) mass is 352 g/mol. The van der Waals surface area contributed by atoms with Crippen molar-refractivity contribution >= 4 is 45.2 Å². The summed E-state index contributed by atoms with van der Waals surface area (Å²) < 4.78 is 10.8. The molecule has 0 saturated heterocycles. The van der Waals surface area contributed by atoms with Crippen molar-refractivity contribution in [2.75, 3.05) is 12.4 Å². The lowest BCUT2D eigenvalue weighted by Crippen LogP contribution is -2.10. The zero-order chi connectivity index (χ0) is 17.4. The molecule has 0 saturated carbocycles. The number of nitrogens with one attached hydrogen (secondary N) is 1. The number of carbonyl (C=O) groups excluding carboxylic acids is 1. The maximum absolute atomic E-state index is 12.4. The molecule has 0 aliphatic rings. The molecule has 0 spiro atoms. The Morgan fingerprint density at radius 2 is 1.88 bits per heavy atom. The molecule has 124 valence electrons. The Hall–Kier alpha value is -3.05. The van der Waals surface area contributed by atoms with Crippen LogP contribution in [0.2, 0.25) is 5.02 Å². The van der Waals surface area contributed by atoms with Gasteiger partial charge in [-0.15, -0.1) is 0 Å². The van der Waals surface area contributed by atoms with Crippen molar-refractivity contribution in [2.24, 2.45) is 0 Å². The van der Waals surface area contributed by atoms with E-state index in [1.54, 1.807) is 37.4 Å². The molecular weight excluding hydrogens is 340 g/mol. The number of nitrogens with zero attached hydrogens (tertiary/aromatic N) is 1. The summed E-state index contributed by atoms with van der Waals surface area (Å²) in [6, 6.07) is 16.0. The molecule has 0 unspecified atom stereocenters. The van der Waals surface area contributed by atoms with Crippen LogP contribution in [0, 0.1) is 0 Å². The molecule has 25 heavy (non-hydrogen) atoms. The van der Waals surface area contributed by atoms with Crippen molar-refractivity contribution in [3.05, 3.63) is 65.4 Å². The number of amides is 1. The molecule has 0 aliphatic carbocycles. The van der Waals surface area contributed by atoms with Crippen LogP contribution in [0.25, 0.3) is 22.0 Å². The van der Waals surface area contributed by atoms with Gasteiger partial charge in [0.25, 0.3) is 5.91 Å². The number of aromatic nitrogens is 1. The van der Waals surface area contributed by atoms with Crippen molar-refractivity contribution < 1.29 is 13.9 Å². The predicted molar refractivity (Wildman–Crippen MR) is 97.5 cm³/mol. The summed E-state index contributed by atoms with van der Waals surface area (Å²) in [5.74, 6) is 0.597. The van der Waals surface area contributed by atoms with E-state index in [2.05, 4.69) is 10.3 Å². The number of rotatable bonds is 3. The third kappa shape index (κ3) is 3.02. The van der Waals surface area contributed by atoms with Crippen LogP contribution in [0.4, 0.5) is 5.69 Å².